The molecule has 0 amide bonds. The van der Waals surface area contributed by atoms with Crippen LogP contribution in [0, 0.1) is 11.3 Å². The average molecular weight is 205 g/mol. The topological polar surface area (TPSA) is 73.5 Å². The molecule has 0 atom stereocenters. The minimum absolute atomic E-state index is 0.123. The fourth-order valence-electron chi connectivity index (χ4n) is 1.58. The zero-order valence-electron chi connectivity index (χ0n) is 8.32. The van der Waals surface area contributed by atoms with Crippen molar-refractivity contribution < 1.29 is 14.9 Å². The van der Waals surface area contributed by atoms with Crippen molar-refractivity contribution in [3.63, 3.8) is 0 Å². The zero-order chi connectivity index (χ0) is 11.1. The van der Waals surface area contributed by atoms with Gasteiger partial charge in [-0.15, -0.1) is 0 Å². The molecule has 1 saturated carbocycles. The number of hydrogen-bond donors (Lipinski definition) is 2. The number of phenols is 1. The van der Waals surface area contributed by atoms with E-state index in [1.54, 1.807) is 0 Å². The minimum atomic E-state index is -0.870. The van der Waals surface area contributed by atoms with Gasteiger partial charge in [0.25, 0.3) is 0 Å². The summed E-state index contributed by atoms with van der Waals surface area (Å²) in [6, 6.07) is 4.72. The molecule has 1 aliphatic carbocycles. The number of aromatic hydroxyl groups is 1. The molecule has 4 nitrogen and oxygen atoms in total. The van der Waals surface area contributed by atoms with Gasteiger partial charge in [0.05, 0.1) is 18.3 Å². The minimum Gasteiger partial charge on any atom is -0.506 e. The lowest BCUT2D eigenvalue weighted by atomic mass is 10.0. The van der Waals surface area contributed by atoms with E-state index in [4.69, 9.17) is 10.00 Å². The fraction of sp³-hybridized carbons (Fsp3) is 0.364. The van der Waals surface area contributed by atoms with Gasteiger partial charge in [-0.2, -0.15) is 5.26 Å². The normalized spacial score (nSPS) is 16.9. The molecule has 15 heavy (non-hydrogen) atoms. The summed E-state index contributed by atoms with van der Waals surface area (Å²) < 4.78 is 5.06. The number of rotatable bonds is 2. The van der Waals surface area contributed by atoms with Crippen LogP contribution in [0.15, 0.2) is 12.1 Å². The second-order valence-corrected chi connectivity index (χ2v) is 3.71. The van der Waals surface area contributed by atoms with Gasteiger partial charge in [0.1, 0.15) is 17.6 Å². The van der Waals surface area contributed by atoms with Crippen LogP contribution in [0.5, 0.6) is 11.5 Å². The highest BCUT2D eigenvalue weighted by Crippen LogP contribution is 2.49. The standard InChI is InChI=1S/C11H11NO3/c1-15-10-5-9(13)7(6-12)4-8(10)11(14)2-3-11/h4-5,13-14H,2-3H2,1H3. The first-order chi connectivity index (χ1) is 7.10. The first-order valence-corrected chi connectivity index (χ1v) is 4.65. The van der Waals surface area contributed by atoms with E-state index in [1.165, 1.54) is 19.2 Å². The first kappa shape index (κ1) is 9.81. The molecule has 1 aromatic carbocycles. The quantitative estimate of drug-likeness (QED) is 0.762. The number of nitrogens with zero attached hydrogens (tertiary/aromatic N) is 1. The number of phenolic OH excluding ortho intramolecular Hbond substituents is 1. The Morgan fingerprint density at radius 3 is 2.60 bits per heavy atom. The van der Waals surface area contributed by atoms with E-state index in [0.29, 0.717) is 24.2 Å². The Hall–Kier alpha value is -1.73. The molecule has 1 aliphatic rings. The Balaban J connectivity index is 2.57. The predicted molar refractivity (Wildman–Crippen MR) is 52.5 cm³/mol. The summed E-state index contributed by atoms with van der Waals surface area (Å²) in [6.45, 7) is 0. The highest BCUT2D eigenvalue weighted by atomic mass is 16.5. The van der Waals surface area contributed by atoms with Crippen LogP contribution in [0.2, 0.25) is 0 Å². The van der Waals surface area contributed by atoms with E-state index < -0.39 is 5.60 Å². The number of aliphatic hydroxyl groups is 1. The van der Waals surface area contributed by atoms with Gasteiger partial charge in [-0.1, -0.05) is 0 Å². The number of ether oxygens (including phenoxy) is 1. The lowest BCUT2D eigenvalue weighted by Crippen LogP contribution is -2.07. The molecule has 0 aromatic heterocycles. The molecule has 0 bridgehead atoms. The van der Waals surface area contributed by atoms with Crippen molar-refractivity contribution in [3.8, 4) is 17.6 Å². The number of hydrogen-bond acceptors (Lipinski definition) is 4. The maximum absolute atomic E-state index is 9.95. The van der Waals surface area contributed by atoms with Crippen LogP contribution in [0.3, 0.4) is 0 Å². The van der Waals surface area contributed by atoms with Crippen LogP contribution in [0.25, 0.3) is 0 Å². The maximum Gasteiger partial charge on any atom is 0.137 e. The van der Waals surface area contributed by atoms with Crippen LogP contribution in [0.1, 0.15) is 24.0 Å². The van der Waals surface area contributed by atoms with E-state index in [0.717, 1.165) is 0 Å². The highest BCUT2D eigenvalue weighted by molar-refractivity contribution is 5.54. The van der Waals surface area contributed by atoms with Gasteiger partial charge in [-0.3, -0.25) is 0 Å². The third-order valence-corrected chi connectivity index (χ3v) is 2.66. The van der Waals surface area contributed by atoms with Crippen molar-refractivity contribution in [3.05, 3.63) is 23.3 Å². The SMILES string of the molecule is COc1cc(O)c(C#N)cc1C1(O)CC1. The van der Waals surface area contributed by atoms with Crippen molar-refractivity contribution in [2.45, 2.75) is 18.4 Å². The van der Waals surface area contributed by atoms with E-state index in [1.807, 2.05) is 6.07 Å². The molecule has 78 valence electrons. The third-order valence-electron chi connectivity index (χ3n) is 2.66. The lowest BCUT2D eigenvalue weighted by molar-refractivity contribution is 0.147. The number of nitriles is 1. The van der Waals surface area contributed by atoms with Gasteiger partial charge < -0.3 is 14.9 Å². The molecule has 0 spiro atoms. The Morgan fingerprint density at radius 1 is 1.47 bits per heavy atom. The van der Waals surface area contributed by atoms with Crippen molar-refractivity contribution >= 4 is 0 Å². The van der Waals surface area contributed by atoms with E-state index in [2.05, 4.69) is 0 Å². The van der Waals surface area contributed by atoms with Crippen LogP contribution in [0.4, 0.5) is 0 Å². The lowest BCUT2D eigenvalue weighted by Gasteiger charge is -2.14. The van der Waals surface area contributed by atoms with E-state index in [-0.39, 0.29) is 11.3 Å². The maximum atomic E-state index is 9.95. The molecule has 1 fully saturated rings. The largest absolute Gasteiger partial charge is 0.506 e. The molecule has 1 aromatic rings. The Labute approximate surface area is 87.3 Å². The molecule has 0 saturated heterocycles. The smallest absolute Gasteiger partial charge is 0.137 e. The molecule has 0 heterocycles. The van der Waals surface area contributed by atoms with Crippen LogP contribution in [-0.4, -0.2) is 17.3 Å². The first-order valence-electron chi connectivity index (χ1n) is 4.65. The monoisotopic (exact) mass is 205 g/mol. The Bertz CT molecular complexity index is 444. The van der Waals surface area contributed by atoms with Crippen LogP contribution >= 0.6 is 0 Å². The summed E-state index contributed by atoms with van der Waals surface area (Å²) in [5, 5.41) is 28.2. The molecule has 2 N–H and O–H groups in total. The van der Waals surface area contributed by atoms with Gasteiger partial charge in [-0.25, -0.2) is 0 Å². The van der Waals surface area contributed by atoms with Crippen molar-refractivity contribution in [2.75, 3.05) is 7.11 Å². The van der Waals surface area contributed by atoms with E-state index in [9.17, 15) is 10.2 Å². The van der Waals surface area contributed by atoms with Gasteiger partial charge in [0.15, 0.2) is 0 Å². The van der Waals surface area contributed by atoms with Crippen molar-refractivity contribution in [1.29, 1.82) is 5.26 Å². The molecule has 0 unspecified atom stereocenters. The summed E-state index contributed by atoms with van der Waals surface area (Å²) in [5.74, 6) is 0.300. The summed E-state index contributed by atoms with van der Waals surface area (Å²) in [4.78, 5) is 0. The molecular weight excluding hydrogens is 194 g/mol. The number of benzene rings is 1. The summed E-state index contributed by atoms with van der Waals surface area (Å²) in [5.41, 5.74) is -0.129. The molecule has 2 rings (SSSR count). The van der Waals surface area contributed by atoms with Gasteiger partial charge in [0.2, 0.25) is 0 Å². The van der Waals surface area contributed by atoms with Crippen LogP contribution in [-0.2, 0) is 5.60 Å². The second kappa shape index (κ2) is 3.14. The highest BCUT2D eigenvalue weighted by Gasteiger charge is 2.44. The second-order valence-electron chi connectivity index (χ2n) is 3.71. The summed E-state index contributed by atoms with van der Waals surface area (Å²) >= 11 is 0. The predicted octanol–water partition coefficient (Wildman–Crippen LogP) is 1.25. The average Bonchev–Trinajstić information content (AvgIpc) is 2.97. The molecule has 0 radical (unpaired) electrons. The Morgan fingerprint density at radius 2 is 2.13 bits per heavy atom. The molecule has 0 aliphatic heterocycles. The number of methoxy groups -OCH3 is 1. The molecule has 4 heteroatoms. The van der Waals surface area contributed by atoms with Crippen LogP contribution < -0.4 is 4.74 Å². The van der Waals surface area contributed by atoms with Gasteiger partial charge >= 0.3 is 0 Å². The molecular formula is C11H11NO3. The van der Waals surface area contributed by atoms with Crippen molar-refractivity contribution in [1.82, 2.24) is 0 Å². The Kier molecular flexibility index (Phi) is 2.06. The summed E-state index contributed by atoms with van der Waals surface area (Å²) in [6.07, 6.45) is 1.33. The summed E-state index contributed by atoms with van der Waals surface area (Å²) in [7, 11) is 1.47. The zero-order valence-corrected chi connectivity index (χ0v) is 8.32. The fourth-order valence-corrected chi connectivity index (χ4v) is 1.58. The van der Waals surface area contributed by atoms with Crippen molar-refractivity contribution in [2.24, 2.45) is 0 Å². The third kappa shape index (κ3) is 1.51. The van der Waals surface area contributed by atoms with Gasteiger partial charge in [0, 0.05) is 11.6 Å². The van der Waals surface area contributed by atoms with Gasteiger partial charge in [-0.05, 0) is 18.9 Å². The van der Waals surface area contributed by atoms with E-state index >= 15 is 0 Å².